The molecule has 104 valence electrons. The Balaban J connectivity index is 1.91. The van der Waals surface area contributed by atoms with Crippen molar-refractivity contribution in [1.82, 2.24) is 14.6 Å². The third kappa shape index (κ3) is 2.03. The summed E-state index contributed by atoms with van der Waals surface area (Å²) < 4.78 is 6.69. The number of carbonyl (C=O) groups excluding carboxylic acids is 1. The summed E-state index contributed by atoms with van der Waals surface area (Å²) in [6.07, 6.45) is 3.81. The van der Waals surface area contributed by atoms with E-state index >= 15 is 0 Å². The molecule has 6 nitrogen and oxygen atoms in total. The van der Waals surface area contributed by atoms with Gasteiger partial charge in [-0.1, -0.05) is 5.16 Å². The van der Waals surface area contributed by atoms with Gasteiger partial charge >= 0.3 is 0 Å². The summed E-state index contributed by atoms with van der Waals surface area (Å²) in [5, 5.41) is 3.89. The lowest BCUT2D eigenvalue weighted by Gasteiger charge is -2.25. The molecule has 3 heterocycles. The molecule has 0 saturated carbocycles. The number of carbonyl (C=O) groups is 1. The smallest absolute Gasteiger partial charge is 0.259 e. The lowest BCUT2D eigenvalue weighted by molar-refractivity contribution is 0.0732. The van der Waals surface area contributed by atoms with E-state index in [1.54, 1.807) is 21.9 Å². The average molecular weight is 273 g/mol. The second-order valence-corrected chi connectivity index (χ2v) is 5.07. The van der Waals surface area contributed by atoms with Gasteiger partial charge in [0.2, 0.25) is 0 Å². The first-order valence-corrected chi connectivity index (χ1v) is 6.45. The maximum Gasteiger partial charge on any atom is 0.259 e. The van der Waals surface area contributed by atoms with E-state index in [2.05, 4.69) is 5.16 Å². The van der Waals surface area contributed by atoms with Crippen molar-refractivity contribution in [3.05, 3.63) is 51.3 Å². The van der Waals surface area contributed by atoms with Gasteiger partial charge in [0.05, 0.1) is 12.2 Å². The Morgan fingerprint density at radius 2 is 2.25 bits per heavy atom. The lowest BCUT2D eigenvalue weighted by Crippen LogP contribution is -2.38. The van der Waals surface area contributed by atoms with E-state index in [-0.39, 0.29) is 16.9 Å². The molecule has 0 saturated heterocycles. The predicted molar refractivity (Wildman–Crippen MR) is 71.4 cm³/mol. The minimum atomic E-state index is -0.238. The van der Waals surface area contributed by atoms with Gasteiger partial charge in [0.25, 0.3) is 5.91 Å². The van der Waals surface area contributed by atoms with Gasteiger partial charge in [0.15, 0.2) is 5.43 Å². The van der Waals surface area contributed by atoms with Crippen molar-refractivity contribution in [2.45, 2.75) is 19.9 Å². The highest BCUT2D eigenvalue weighted by Gasteiger charge is 2.25. The quantitative estimate of drug-likeness (QED) is 0.773. The zero-order valence-electron chi connectivity index (χ0n) is 11.4. The molecule has 20 heavy (non-hydrogen) atoms. The number of fused-ring (bicyclic) bond motifs is 1. The maximum atomic E-state index is 12.5. The van der Waals surface area contributed by atoms with E-state index in [4.69, 9.17) is 4.52 Å². The number of amides is 1. The number of hydrogen-bond acceptors (Lipinski definition) is 4. The maximum absolute atomic E-state index is 12.5. The van der Waals surface area contributed by atoms with Gasteiger partial charge in [-0.2, -0.15) is 0 Å². The first-order valence-electron chi connectivity index (χ1n) is 6.45. The van der Waals surface area contributed by atoms with Gasteiger partial charge in [-0.3, -0.25) is 9.59 Å². The SMILES string of the molecule is Cc1cc(=O)c(C(=O)N2CCc3nocc3C2)cn1C. The van der Waals surface area contributed by atoms with Gasteiger partial charge in [-0.25, -0.2) is 0 Å². The third-order valence-electron chi connectivity index (χ3n) is 3.71. The number of rotatable bonds is 1. The topological polar surface area (TPSA) is 68.3 Å². The van der Waals surface area contributed by atoms with Crippen LogP contribution in [0.15, 0.2) is 27.8 Å². The number of pyridine rings is 1. The molecule has 1 aliphatic rings. The highest BCUT2D eigenvalue weighted by Crippen LogP contribution is 2.18. The van der Waals surface area contributed by atoms with Gasteiger partial charge in [-0.05, 0) is 6.92 Å². The predicted octanol–water partition coefficient (Wildman–Crippen LogP) is 0.880. The molecular formula is C14H15N3O3. The van der Waals surface area contributed by atoms with E-state index in [1.165, 1.54) is 6.07 Å². The fraction of sp³-hybridized carbons (Fsp3) is 0.357. The first-order chi connectivity index (χ1) is 9.56. The van der Waals surface area contributed by atoms with Crippen LogP contribution in [0.5, 0.6) is 0 Å². The van der Waals surface area contributed by atoms with Crippen LogP contribution in [0.4, 0.5) is 0 Å². The Hall–Kier alpha value is -2.37. The van der Waals surface area contributed by atoms with Gasteiger partial charge in [0.1, 0.15) is 11.8 Å². The summed E-state index contributed by atoms with van der Waals surface area (Å²) in [7, 11) is 1.82. The van der Waals surface area contributed by atoms with Crippen molar-refractivity contribution < 1.29 is 9.32 Å². The van der Waals surface area contributed by atoms with Gasteiger partial charge in [-0.15, -0.1) is 0 Å². The van der Waals surface area contributed by atoms with Crippen molar-refractivity contribution in [3.8, 4) is 0 Å². The van der Waals surface area contributed by atoms with Gasteiger partial charge < -0.3 is 14.0 Å². The molecule has 0 unspecified atom stereocenters. The average Bonchev–Trinajstić information content (AvgIpc) is 2.89. The van der Waals surface area contributed by atoms with Crippen molar-refractivity contribution >= 4 is 5.91 Å². The van der Waals surface area contributed by atoms with Crippen LogP contribution >= 0.6 is 0 Å². The molecular weight excluding hydrogens is 258 g/mol. The van der Waals surface area contributed by atoms with Gasteiger partial charge in [0, 0.05) is 43.5 Å². The summed E-state index contributed by atoms with van der Waals surface area (Å²) in [4.78, 5) is 26.1. The Morgan fingerprint density at radius 1 is 1.45 bits per heavy atom. The van der Waals surface area contributed by atoms with Crippen molar-refractivity contribution in [1.29, 1.82) is 0 Å². The molecule has 1 aliphatic heterocycles. The first kappa shape index (κ1) is 12.7. The summed E-state index contributed by atoms with van der Waals surface area (Å²) in [6, 6.07) is 1.49. The molecule has 6 heteroatoms. The minimum Gasteiger partial charge on any atom is -0.364 e. The van der Waals surface area contributed by atoms with Crippen LogP contribution in [0.25, 0.3) is 0 Å². The molecule has 0 aliphatic carbocycles. The fourth-order valence-electron chi connectivity index (χ4n) is 2.37. The molecule has 0 fully saturated rings. The van der Waals surface area contributed by atoms with E-state index in [0.717, 1.165) is 17.0 Å². The highest BCUT2D eigenvalue weighted by molar-refractivity contribution is 5.94. The van der Waals surface area contributed by atoms with E-state index in [1.807, 2.05) is 14.0 Å². The fourth-order valence-corrected chi connectivity index (χ4v) is 2.37. The molecule has 1 amide bonds. The molecule has 2 aromatic heterocycles. The second kappa shape index (κ2) is 4.63. The van der Waals surface area contributed by atoms with Crippen molar-refractivity contribution in [2.75, 3.05) is 6.54 Å². The molecule has 2 aromatic rings. The molecule has 0 bridgehead atoms. The zero-order valence-corrected chi connectivity index (χ0v) is 11.4. The van der Waals surface area contributed by atoms with Crippen molar-refractivity contribution in [2.24, 2.45) is 7.05 Å². The van der Waals surface area contributed by atoms with Crippen LogP contribution in [-0.4, -0.2) is 27.1 Å². The summed E-state index contributed by atoms with van der Waals surface area (Å²) in [5.41, 5.74) is 2.60. The normalized spacial score (nSPS) is 14.2. The zero-order chi connectivity index (χ0) is 14.3. The van der Waals surface area contributed by atoms with E-state index in [0.29, 0.717) is 19.5 Å². The monoisotopic (exact) mass is 273 g/mol. The number of hydrogen-bond donors (Lipinski definition) is 0. The molecule has 3 rings (SSSR count). The number of aromatic nitrogens is 2. The summed E-state index contributed by atoms with van der Waals surface area (Å²) >= 11 is 0. The van der Waals surface area contributed by atoms with Crippen LogP contribution in [0, 0.1) is 6.92 Å². The summed E-state index contributed by atoms with van der Waals surface area (Å²) in [6.45, 7) is 2.82. The Kier molecular flexibility index (Phi) is 2.93. The molecule has 0 spiro atoms. The number of aryl methyl sites for hydroxylation is 2. The second-order valence-electron chi connectivity index (χ2n) is 5.07. The molecule has 0 aromatic carbocycles. The molecule has 0 radical (unpaired) electrons. The largest absolute Gasteiger partial charge is 0.364 e. The molecule has 0 N–H and O–H groups in total. The van der Waals surface area contributed by atoms with Crippen LogP contribution in [0.3, 0.4) is 0 Å². The lowest BCUT2D eigenvalue weighted by atomic mass is 10.1. The number of nitrogens with zero attached hydrogens (tertiary/aromatic N) is 3. The van der Waals surface area contributed by atoms with E-state index in [9.17, 15) is 9.59 Å². The molecule has 0 atom stereocenters. The minimum absolute atomic E-state index is 0.206. The van der Waals surface area contributed by atoms with Crippen LogP contribution < -0.4 is 5.43 Å². The van der Waals surface area contributed by atoms with Crippen molar-refractivity contribution in [3.63, 3.8) is 0 Å². The van der Waals surface area contributed by atoms with Crippen LogP contribution in [0.1, 0.15) is 27.3 Å². The third-order valence-corrected chi connectivity index (χ3v) is 3.71. The van der Waals surface area contributed by atoms with Crippen LogP contribution in [-0.2, 0) is 20.0 Å². The summed E-state index contributed by atoms with van der Waals surface area (Å²) in [5.74, 6) is -0.238. The van der Waals surface area contributed by atoms with E-state index < -0.39 is 0 Å². The Morgan fingerprint density at radius 3 is 3.05 bits per heavy atom. The standard InChI is InChI=1S/C14H15N3O3/c1-9-5-13(18)11(7-16(9)2)14(19)17-4-3-12-10(6-17)8-20-15-12/h5,7-8H,3-4,6H2,1-2H3. The highest BCUT2D eigenvalue weighted by atomic mass is 16.5. The van der Waals surface area contributed by atoms with Crippen LogP contribution in [0.2, 0.25) is 0 Å². The Bertz CT molecular complexity index is 730. The Labute approximate surface area is 115 Å².